The highest BCUT2D eigenvalue weighted by atomic mass is 16.1. The van der Waals surface area contributed by atoms with Crippen LogP contribution in [0.4, 0.5) is 0 Å². The molecule has 3 nitrogen and oxygen atoms in total. The van der Waals surface area contributed by atoms with Crippen molar-refractivity contribution in [2.75, 3.05) is 6.54 Å². The van der Waals surface area contributed by atoms with E-state index in [9.17, 15) is 4.79 Å². The molecule has 0 aliphatic heterocycles. The van der Waals surface area contributed by atoms with Crippen LogP contribution < -0.4 is 5.32 Å². The summed E-state index contributed by atoms with van der Waals surface area (Å²) in [7, 11) is 0. The van der Waals surface area contributed by atoms with Gasteiger partial charge in [-0.3, -0.25) is 4.79 Å². The molecule has 0 aromatic rings. The molecule has 0 spiro atoms. The second kappa shape index (κ2) is 4.26. The van der Waals surface area contributed by atoms with Gasteiger partial charge in [-0.15, -0.1) is 0 Å². The Balaban J connectivity index is 1.71. The number of hydrogen-bond donors (Lipinski definition) is 1. The first-order valence-corrected chi connectivity index (χ1v) is 7.24. The molecule has 4 aliphatic carbocycles. The van der Waals surface area contributed by atoms with Crippen LogP contribution in [0.1, 0.15) is 45.4 Å². The van der Waals surface area contributed by atoms with Gasteiger partial charge in [-0.25, -0.2) is 6.57 Å². The largest absolute Gasteiger partial charge is 0.347 e. The van der Waals surface area contributed by atoms with Crippen LogP contribution in [-0.4, -0.2) is 18.5 Å². The van der Waals surface area contributed by atoms with E-state index >= 15 is 0 Å². The molecule has 0 heterocycles. The van der Waals surface area contributed by atoms with E-state index in [0.717, 1.165) is 17.8 Å². The molecule has 4 aliphatic rings. The molecular weight excluding hydrogens is 224 g/mol. The SMILES string of the molecule is [C-]#[N+]CC(=O)NC(C)C12CC3CC(CC(C3)C1)C2. The van der Waals surface area contributed by atoms with Gasteiger partial charge in [0, 0.05) is 6.04 Å². The van der Waals surface area contributed by atoms with Crippen molar-refractivity contribution in [1.29, 1.82) is 0 Å². The predicted octanol–water partition coefficient (Wildman–Crippen LogP) is 2.63. The van der Waals surface area contributed by atoms with Crippen LogP contribution in [0.2, 0.25) is 0 Å². The van der Waals surface area contributed by atoms with Gasteiger partial charge in [0.05, 0.1) is 0 Å². The van der Waals surface area contributed by atoms with E-state index in [2.05, 4.69) is 17.1 Å². The van der Waals surface area contributed by atoms with Crippen molar-refractivity contribution >= 4 is 5.91 Å². The fourth-order valence-corrected chi connectivity index (χ4v) is 5.22. The summed E-state index contributed by atoms with van der Waals surface area (Å²) in [4.78, 5) is 14.8. The zero-order chi connectivity index (χ0) is 12.8. The first-order valence-electron chi connectivity index (χ1n) is 7.24. The summed E-state index contributed by atoms with van der Waals surface area (Å²) in [5, 5.41) is 3.09. The maximum absolute atomic E-state index is 11.6. The van der Waals surface area contributed by atoms with E-state index in [4.69, 9.17) is 6.57 Å². The molecule has 18 heavy (non-hydrogen) atoms. The van der Waals surface area contributed by atoms with Gasteiger partial charge in [0.2, 0.25) is 0 Å². The standard InChI is InChI=1S/C15H22N2O/c1-10(17-14(18)9-16-2)15-6-11-3-12(7-15)5-13(4-11)8-15/h10-13H,3-9H2,1H3,(H,17,18). The highest BCUT2D eigenvalue weighted by Gasteiger charge is 2.53. The van der Waals surface area contributed by atoms with Crippen molar-refractivity contribution in [2.45, 2.75) is 51.5 Å². The van der Waals surface area contributed by atoms with E-state index in [1.807, 2.05) is 0 Å². The Morgan fingerprint density at radius 2 is 1.78 bits per heavy atom. The molecule has 4 saturated carbocycles. The second-order valence-corrected chi connectivity index (χ2v) is 6.89. The van der Waals surface area contributed by atoms with Gasteiger partial charge in [0.15, 0.2) is 0 Å². The van der Waals surface area contributed by atoms with E-state index in [1.165, 1.54) is 38.5 Å². The third-order valence-corrected chi connectivity index (χ3v) is 5.60. The quantitative estimate of drug-likeness (QED) is 0.763. The Kier molecular flexibility index (Phi) is 2.84. The van der Waals surface area contributed by atoms with Crippen LogP contribution in [0.5, 0.6) is 0 Å². The Morgan fingerprint density at radius 3 is 2.22 bits per heavy atom. The predicted molar refractivity (Wildman–Crippen MR) is 69.7 cm³/mol. The number of carbonyl (C=O) groups excluding carboxylic acids is 1. The van der Waals surface area contributed by atoms with Crippen molar-refractivity contribution in [2.24, 2.45) is 23.2 Å². The fraction of sp³-hybridized carbons (Fsp3) is 0.867. The maximum atomic E-state index is 11.6. The van der Waals surface area contributed by atoms with Gasteiger partial charge < -0.3 is 10.2 Å². The molecule has 3 heteroatoms. The molecule has 0 aromatic carbocycles. The summed E-state index contributed by atoms with van der Waals surface area (Å²) in [6, 6.07) is 0.250. The summed E-state index contributed by atoms with van der Waals surface area (Å²) >= 11 is 0. The van der Waals surface area contributed by atoms with Crippen LogP contribution in [0.3, 0.4) is 0 Å². The smallest absolute Gasteiger partial charge is 0.300 e. The summed E-state index contributed by atoms with van der Waals surface area (Å²) in [5.74, 6) is 2.65. The molecule has 0 saturated heterocycles. The Hall–Kier alpha value is -1.04. The Bertz CT molecular complexity index is 361. The van der Waals surface area contributed by atoms with Crippen LogP contribution in [-0.2, 0) is 4.79 Å². The molecule has 1 amide bonds. The number of carbonyl (C=O) groups is 1. The number of nitrogens with zero attached hydrogens (tertiary/aromatic N) is 1. The third-order valence-electron chi connectivity index (χ3n) is 5.60. The topological polar surface area (TPSA) is 33.5 Å². The van der Waals surface area contributed by atoms with Gasteiger partial charge in [0.25, 0.3) is 12.5 Å². The minimum atomic E-state index is -0.0896. The van der Waals surface area contributed by atoms with Gasteiger partial charge in [-0.1, -0.05) is 0 Å². The summed E-state index contributed by atoms with van der Waals surface area (Å²) < 4.78 is 0. The average Bonchev–Trinajstić information content (AvgIpc) is 2.27. The molecule has 0 radical (unpaired) electrons. The average molecular weight is 246 g/mol. The van der Waals surface area contributed by atoms with Gasteiger partial charge in [-0.05, 0) is 68.6 Å². The lowest BCUT2D eigenvalue weighted by atomic mass is 9.48. The van der Waals surface area contributed by atoms with E-state index in [0.29, 0.717) is 5.41 Å². The molecule has 4 fully saturated rings. The van der Waals surface area contributed by atoms with Crippen molar-refractivity contribution in [1.82, 2.24) is 5.32 Å². The minimum Gasteiger partial charge on any atom is -0.347 e. The van der Waals surface area contributed by atoms with Gasteiger partial charge in [-0.2, -0.15) is 0 Å². The van der Waals surface area contributed by atoms with Crippen LogP contribution >= 0.6 is 0 Å². The monoisotopic (exact) mass is 246 g/mol. The number of amides is 1. The minimum absolute atomic E-state index is 0.0172. The van der Waals surface area contributed by atoms with Gasteiger partial charge >= 0.3 is 0 Å². The zero-order valence-corrected chi connectivity index (χ0v) is 11.1. The highest BCUT2D eigenvalue weighted by molar-refractivity contribution is 5.79. The van der Waals surface area contributed by atoms with Crippen LogP contribution in [0.25, 0.3) is 4.85 Å². The molecular formula is C15H22N2O. The van der Waals surface area contributed by atoms with Crippen molar-refractivity contribution in [3.05, 3.63) is 11.4 Å². The molecule has 1 N–H and O–H groups in total. The molecule has 4 bridgehead atoms. The van der Waals surface area contributed by atoms with Crippen molar-refractivity contribution in [3.8, 4) is 0 Å². The van der Waals surface area contributed by atoms with Crippen molar-refractivity contribution < 1.29 is 4.79 Å². The van der Waals surface area contributed by atoms with Gasteiger partial charge in [0.1, 0.15) is 0 Å². The lowest BCUT2D eigenvalue weighted by Gasteiger charge is -2.59. The fourth-order valence-electron chi connectivity index (χ4n) is 5.22. The van der Waals surface area contributed by atoms with E-state index in [-0.39, 0.29) is 18.5 Å². The number of hydrogen-bond acceptors (Lipinski definition) is 1. The Labute approximate surface area is 109 Å². The molecule has 0 aromatic heterocycles. The third kappa shape index (κ3) is 1.92. The summed E-state index contributed by atoms with van der Waals surface area (Å²) in [5.41, 5.74) is 0.354. The van der Waals surface area contributed by atoms with Crippen molar-refractivity contribution in [3.63, 3.8) is 0 Å². The molecule has 98 valence electrons. The first kappa shape index (κ1) is 12.0. The molecule has 1 unspecified atom stereocenters. The number of nitrogens with one attached hydrogen (secondary N) is 1. The normalized spacial score (nSPS) is 42.3. The first-order chi connectivity index (χ1) is 8.61. The van der Waals surface area contributed by atoms with Crippen LogP contribution in [0, 0.1) is 29.7 Å². The zero-order valence-electron chi connectivity index (χ0n) is 11.1. The Morgan fingerprint density at radius 1 is 1.28 bits per heavy atom. The lowest BCUT2D eigenvalue weighted by molar-refractivity contribution is -0.124. The maximum Gasteiger partial charge on any atom is 0.300 e. The summed E-state index contributed by atoms with van der Waals surface area (Å²) in [6.45, 7) is 8.91. The lowest BCUT2D eigenvalue weighted by Crippen LogP contribution is -2.56. The summed E-state index contributed by atoms with van der Waals surface area (Å²) in [6.07, 6.45) is 8.21. The van der Waals surface area contributed by atoms with E-state index in [1.54, 1.807) is 0 Å². The van der Waals surface area contributed by atoms with Crippen LogP contribution in [0.15, 0.2) is 0 Å². The highest BCUT2D eigenvalue weighted by Crippen LogP contribution is 2.61. The molecule has 4 rings (SSSR count). The number of rotatable bonds is 3. The molecule has 1 atom stereocenters. The second-order valence-electron chi connectivity index (χ2n) is 6.89. The van der Waals surface area contributed by atoms with E-state index < -0.39 is 0 Å².